The summed E-state index contributed by atoms with van der Waals surface area (Å²) in [7, 11) is 0. The highest BCUT2D eigenvalue weighted by molar-refractivity contribution is 5.67. The van der Waals surface area contributed by atoms with Crippen LogP contribution in [0.3, 0.4) is 0 Å². The maximum absolute atomic E-state index is 11.6. The third-order valence-corrected chi connectivity index (χ3v) is 3.72. The first-order chi connectivity index (χ1) is 12.3. The Morgan fingerprint density at radius 1 is 1.08 bits per heavy atom. The predicted molar refractivity (Wildman–Crippen MR) is 94.8 cm³/mol. The van der Waals surface area contributed by atoms with Crippen molar-refractivity contribution in [3.63, 3.8) is 0 Å². The molecule has 25 heavy (non-hydrogen) atoms. The lowest BCUT2D eigenvalue weighted by molar-refractivity contribution is -0.0441. The Bertz CT molecular complexity index is 691. The average Bonchev–Trinajstić information content (AvgIpc) is 3.20. The first-order valence-corrected chi connectivity index (χ1v) is 8.25. The van der Waals surface area contributed by atoms with E-state index in [1.807, 2.05) is 66.7 Å². The minimum Gasteiger partial charge on any atom is -0.445 e. The molecule has 1 N–H and O–H groups in total. The van der Waals surface area contributed by atoms with Gasteiger partial charge >= 0.3 is 6.09 Å². The lowest BCUT2D eigenvalue weighted by Crippen LogP contribution is -2.24. The second-order valence-corrected chi connectivity index (χ2v) is 5.59. The van der Waals surface area contributed by atoms with Gasteiger partial charge in [0, 0.05) is 12.1 Å². The zero-order chi connectivity index (χ0) is 17.3. The number of carbonyl (C=O) groups excluding carboxylic acids is 1. The van der Waals surface area contributed by atoms with E-state index in [1.165, 1.54) is 0 Å². The fraction of sp³-hybridized carbons (Fsp3) is 0.250. The van der Waals surface area contributed by atoms with Crippen LogP contribution in [0.25, 0.3) is 6.08 Å². The smallest absolute Gasteiger partial charge is 0.407 e. The Kier molecular flexibility index (Phi) is 6.20. The first kappa shape index (κ1) is 17.2. The molecule has 1 heterocycles. The van der Waals surface area contributed by atoms with Crippen molar-refractivity contribution in [3.8, 4) is 0 Å². The summed E-state index contributed by atoms with van der Waals surface area (Å²) in [5.41, 5.74) is 3.02. The highest BCUT2D eigenvalue weighted by Crippen LogP contribution is 2.23. The van der Waals surface area contributed by atoms with Crippen LogP contribution < -0.4 is 5.32 Å². The van der Waals surface area contributed by atoms with Crippen LogP contribution in [0.4, 0.5) is 4.79 Å². The van der Waals surface area contributed by atoms with Gasteiger partial charge in [-0.3, -0.25) is 0 Å². The molecule has 1 aliphatic rings. The summed E-state index contributed by atoms with van der Waals surface area (Å²) in [6.45, 7) is 1.95. The van der Waals surface area contributed by atoms with E-state index >= 15 is 0 Å². The van der Waals surface area contributed by atoms with E-state index in [9.17, 15) is 4.79 Å². The summed E-state index contributed by atoms with van der Waals surface area (Å²) < 4.78 is 16.1. The van der Waals surface area contributed by atoms with Crippen molar-refractivity contribution in [1.29, 1.82) is 0 Å². The van der Waals surface area contributed by atoms with Gasteiger partial charge in [0.05, 0.1) is 13.2 Å². The SMILES string of the molecule is O=C(NCC=Cc1ccc(C2OCCO2)cc1)OCc1ccccc1. The van der Waals surface area contributed by atoms with E-state index in [0.717, 1.165) is 16.7 Å². The van der Waals surface area contributed by atoms with Crippen molar-refractivity contribution in [2.45, 2.75) is 12.9 Å². The third kappa shape index (κ3) is 5.45. The molecule has 0 spiro atoms. The fourth-order valence-electron chi connectivity index (χ4n) is 2.43. The van der Waals surface area contributed by atoms with Crippen molar-refractivity contribution in [2.24, 2.45) is 0 Å². The number of amides is 1. The minimum absolute atomic E-state index is 0.251. The van der Waals surface area contributed by atoms with Gasteiger partial charge in [0.25, 0.3) is 0 Å². The van der Waals surface area contributed by atoms with Crippen LogP contribution in [0.5, 0.6) is 0 Å². The monoisotopic (exact) mass is 339 g/mol. The predicted octanol–water partition coefficient (Wildman–Crippen LogP) is 3.67. The number of nitrogens with one attached hydrogen (secondary N) is 1. The van der Waals surface area contributed by atoms with E-state index in [4.69, 9.17) is 14.2 Å². The largest absolute Gasteiger partial charge is 0.445 e. The Morgan fingerprint density at radius 3 is 2.52 bits per heavy atom. The second-order valence-electron chi connectivity index (χ2n) is 5.59. The molecule has 0 aliphatic carbocycles. The molecule has 1 amide bonds. The van der Waals surface area contributed by atoms with Gasteiger partial charge in [-0.15, -0.1) is 0 Å². The van der Waals surface area contributed by atoms with Crippen molar-refractivity contribution >= 4 is 12.2 Å². The number of hydrogen-bond donors (Lipinski definition) is 1. The number of ether oxygens (including phenoxy) is 3. The molecule has 1 saturated heterocycles. The molecule has 5 nitrogen and oxygen atoms in total. The Morgan fingerprint density at radius 2 is 1.80 bits per heavy atom. The number of hydrogen-bond acceptors (Lipinski definition) is 4. The van der Waals surface area contributed by atoms with E-state index < -0.39 is 6.09 Å². The molecule has 0 unspecified atom stereocenters. The van der Waals surface area contributed by atoms with Crippen LogP contribution >= 0.6 is 0 Å². The van der Waals surface area contributed by atoms with Crippen LogP contribution in [0.1, 0.15) is 23.0 Å². The van der Waals surface area contributed by atoms with Gasteiger partial charge in [-0.2, -0.15) is 0 Å². The fourth-order valence-corrected chi connectivity index (χ4v) is 2.43. The normalized spacial score (nSPS) is 14.7. The summed E-state index contributed by atoms with van der Waals surface area (Å²) >= 11 is 0. The molecule has 3 rings (SSSR count). The highest BCUT2D eigenvalue weighted by Gasteiger charge is 2.17. The number of benzene rings is 2. The van der Waals surface area contributed by atoms with Gasteiger partial charge in [-0.25, -0.2) is 4.79 Å². The molecule has 0 atom stereocenters. The summed E-state index contributed by atoms with van der Waals surface area (Å²) in [5.74, 6) is 0. The van der Waals surface area contributed by atoms with Gasteiger partial charge in [-0.05, 0) is 11.1 Å². The maximum Gasteiger partial charge on any atom is 0.407 e. The molecular weight excluding hydrogens is 318 g/mol. The van der Waals surface area contributed by atoms with Gasteiger partial charge in [0.15, 0.2) is 6.29 Å². The summed E-state index contributed by atoms with van der Waals surface area (Å²) in [4.78, 5) is 11.6. The molecular formula is C20H21NO4. The molecule has 130 valence electrons. The molecule has 5 heteroatoms. The van der Waals surface area contributed by atoms with Crippen LogP contribution in [0.2, 0.25) is 0 Å². The van der Waals surface area contributed by atoms with E-state index in [2.05, 4.69) is 5.32 Å². The van der Waals surface area contributed by atoms with Crippen molar-refractivity contribution in [2.75, 3.05) is 19.8 Å². The quantitative estimate of drug-likeness (QED) is 0.872. The Labute approximate surface area is 147 Å². The molecule has 2 aromatic carbocycles. The molecule has 1 aliphatic heterocycles. The van der Waals surface area contributed by atoms with Crippen LogP contribution in [-0.4, -0.2) is 25.9 Å². The number of alkyl carbamates (subject to hydrolysis) is 1. The van der Waals surface area contributed by atoms with Crippen molar-refractivity contribution in [1.82, 2.24) is 5.32 Å². The highest BCUT2D eigenvalue weighted by atomic mass is 16.7. The molecule has 0 aromatic heterocycles. The van der Waals surface area contributed by atoms with Gasteiger partial charge < -0.3 is 19.5 Å². The maximum atomic E-state index is 11.6. The zero-order valence-electron chi connectivity index (χ0n) is 13.9. The second kappa shape index (κ2) is 9.01. The molecule has 0 saturated carbocycles. The van der Waals surface area contributed by atoms with Crippen LogP contribution in [0.15, 0.2) is 60.7 Å². The van der Waals surface area contributed by atoms with Gasteiger partial charge in [0.1, 0.15) is 6.61 Å². The number of carbonyl (C=O) groups is 1. The summed E-state index contributed by atoms with van der Waals surface area (Å²) in [6.07, 6.45) is 3.14. The zero-order valence-corrected chi connectivity index (χ0v) is 13.9. The minimum atomic E-state index is -0.431. The van der Waals surface area contributed by atoms with Crippen LogP contribution in [-0.2, 0) is 20.8 Å². The summed E-state index contributed by atoms with van der Waals surface area (Å²) in [6, 6.07) is 17.5. The lowest BCUT2D eigenvalue weighted by Gasteiger charge is -2.09. The lowest BCUT2D eigenvalue weighted by atomic mass is 10.1. The first-order valence-electron chi connectivity index (χ1n) is 8.25. The standard InChI is InChI=1S/C20H21NO4/c22-20(25-15-17-5-2-1-3-6-17)21-12-4-7-16-8-10-18(11-9-16)19-23-13-14-24-19/h1-11,19H,12-15H2,(H,21,22). The summed E-state index contributed by atoms with van der Waals surface area (Å²) in [5, 5.41) is 2.69. The van der Waals surface area contributed by atoms with E-state index in [-0.39, 0.29) is 12.9 Å². The Balaban J connectivity index is 1.38. The van der Waals surface area contributed by atoms with Gasteiger partial charge in [0.2, 0.25) is 0 Å². The topological polar surface area (TPSA) is 56.8 Å². The molecule has 0 bridgehead atoms. The Hall–Kier alpha value is -2.63. The number of rotatable bonds is 6. The van der Waals surface area contributed by atoms with E-state index in [0.29, 0.717) is 19.8 Å². The van der Waals surface area contributed by atoms with Crippen molar-refractivity contribution in [3.05, 3.63) is 77.4 Å². The molecule has 0 radical (unpaired) electrons. The molecule has 2 aromatic rings. The molecule has 1 fully saturated rings. The average molecular weight is 339 g/mol. The van der Waals surface area contributed by atoms with Gasteiger partial charge in [-0.1, -0.05) is 66.7 Å². The third-order valence-electron chi connectivity index (χ3n) is 3.72. The van der Waals surface area contributed by atoms with Crippen molar-refractivity contribution < 1.29 is 19.0 Å². The van der Waals surface area contributed by atoms with Crippen LogP contribution in [0, 0.1) is 0 Å². The van der Waals surface area contributed by atoms with E-state index in [1.54, 1.807) is 0 Å².